The van der Waals surface area contributed by atoms with Gasteiger partial charge in [0.05, 0.1) is 12.6 Å². The summed E-state index contributed by atoms with van der Waals surface area (Å²) in [7, 11) is 0. The quantitative estimate of drug-likeness (QED) is 0.740. The van der Waals surface area contributed by atoms with Crippen molar-refractivity contribution in [2.24, 2.45) is 5.92 Å². The van der Waals surface area contributed by atoms with E-state index in [0.29, 0.717) is 12.5 Å². The lowest BCUT2D eigenvalue weighted by molar-refractivity contribution is 0.186. The maximum Gasteiger partial charge on any atom is 0.315 e. The average Bonchev–Trinajstić information content (AvgIpc) is 2.88. The van der Waals surface area contributed by atoms with Crippen molar-refractivity contribution >= 4 is 6.03 Å². The maximum absolute atomic E-state index is 11.7. The Kier molecular flexibility index (Phi) is 2.87. The van der Waals surface area contributed by atoms with Gasteiger partial charge in [0.2, 0.25) is 0 Å². The van der Waals surface area contributed by atoms with E-state index in [-0.39, 0.29) is 17.6 Å². The van der Waals surface area contributed by atoms with Gasteiger partial charge in [0.25, 0.3) is 0 Å². The fourth-order valence-corrected chi connectivity index (χ4v) is 2.07. The normalized spacial score (nSPS) is 26.4. The number of amides is 2. The zero-order valence-electron chi connectivity index (χ0n) is 9.51. The molecule has 0 spiro atoms. The molecule has 1 aliphatic carbocycles. The van der Waals surface area contributed by atoms with E-state index in [9.17, 15) is 4.79 Å². The third-order valence-corrected chi connectivity index (χ3v) is 3.30. The number of carbonyl (C=O) groups excluding carboxylic acids is 1. The standard InChI is InChI=1S/C11H20N2O2/c1-11(2,8-3-4-8)13-10(14)12-9-5-6-15-7-9/h8-9H,3-7H2,1-2H3,(H2,12,13,14). The molecule has 2 fully saturated rings. The maximum atomic E-state index is 11.7. The highest BCUT2D eigenvalue weighted by Crippen LogP contribution is 2.39. The molecule has 2 N–H and O–H groups in total. The van der Waals surface area contributed by atoms with Gasteiger partial charge in [-0.3, -0.25) is 0 Å². The summed E-state index contributed by atoms with van der Waals surface area (Å²) in [5.74, 6) is 0.656. The predicted molar refractivity (Wildman–Crippen MR) is 57.7 cm³/mol. The summed E-state index contributed by atoms with van der Waals surface area (Å²) in [6.07, 6.45) is 3.40. The third kappa shape index (κ3) is 2.84. The Morgan fingerprint density at radius 3 is 2.60 bits per heavy atom. The molecule has 86 valence electrons. The van der Waals surface area contributed by atoms with Crippen LogP contribution in [0.1, 0.15) is 33.1 Å². The third-order valence-electron chi connectivity index (χ3n) is 3.30. The molecule has 0 aromatic heterocycles. The highest BCUT2D eigenvalue weighted by Gasteiger charge is 2.39. The van der Waals surface area contributed by atoms with Crippen molar-refractivity contribution in [1.29, 1.82) is 0 Å². The van der Waals surface area contributed by atoms with Gasteiger partial charge in [-0.05, 0) is 39.0 Å². The molecule has 1 atom stereocenters. The van der Waals surface area contributed by atoms with Crippen LogP contribution in [0, 0.1) is 5.92 Å². The molecule has 15 heavy (non-hydrogen) atoms. The molecular formula is C11H20N2O2. The van der Waals surface area contributed by atoms with Crippen LogP contribution in [0.5, 0.6) is 0 Å². The highest BCUT2D eigenvalue weighted by atomic mass is 16.5. The molecule has 0 aromatic rings. The van der Waals surface area contributed by atoms with Crippen molar-refractivity contribution in [1.82, 2.24) is 10.6 Å². The predicted octanol–water partition coefficient (Wildman–Crippen LogP) is 1.26. The Hall–Kier alpha value is -0.770. The first-order valence-corrected chi connectivity index (χ1v) is 5.74. The Morgan fingerprint density at radius 2 is 2.07 bits per heavy atom. The van der Waals surface area contributed by atoms with Gasteiger partial charge in [0.1, 0.15) is 0 Å². The minimum absolute atomic E-state index is 0.0533. The molecule has 4 nitrogen and oxygen atoms in total. The van der Waals surface area contributed by atoms with Crippen LogP contribution < -0.4 is 10.6 Å². The fourth-order valence-electron chi connectivity index (χ4n) is 2.07. The van der Waals surface area contributed by atoms with Crippen LogP contribution in [0.25, 0.3) is 0 Å². The minimum Gasteiger partial charge on any atom is -0.379 e. The molecule has 2 aliphatic rings. The number of hydrogen-bond donors (Lipinski definition) is 2. The molecule has 2 rings (SSSR count). The van der Waals surface area contributed by atoms with Crippen LogP contribution in [0.2, 0.25) is 0 Å². The largest absolute Gasteiger partial charge is 0.379 e. The van der Waals surface area contributed by atoms with Crippen molar-refractivity contribution < 1.29 is 9.53 Å². The van der Waals surface area contributed by atoms with Gasteiger partial charge in [0, 0.05) is 12.1 Å². The summed E-state index contributed by atoms with van der Waals surface area (Å²) < 4.78 is 5.21. The van der Waals surface area contributed by atoms with Crippen molar-refractivity contribution in [3.8, 4) is 0 Å². The Morgan fingerprint density at radius 1 is 1.33 bits per heavy atom. The van der Waals surface area contributed by atoms with Gasteiger partial charge in [-0.2, -0.15) is 0 Å². The van der Waals surface area contributed by atoms with Gasteiger partial charge >= 0.3 is 6.03 Å². The first-order chi connectivity index (χ1) is 7.08. The van der Waals surface area contributed by atoms with E-state index < -0.39 is 0 Å². The lowest BCUT2D eigenvalue weighted by Crippen LogP contribution is -2.52. The molecule has 1 unspecified atom stereocenters. The van der Waals surface area contributed by atoms with Crippen molar-refractivity contribution in [3.63, 3.8) is 0 Å². The van der Waals surface area contributed by atoms with Crippen LogP contribution >= 0.6 is 0 Å². The minimum atomic E-state index is -0.0659. The Balaban J connectivity index is 1.75. The first kappa shape index (κ1) is 10.7. The van der Waals surface area contributed by atoms with Gasteiger partial charge in [-0.1, -0.05) is 0 Å². The molecule has 4 heteroatoms. The smallest absolute Gasteiger partial charge is 0.315 e. The van der Waals surface area contributed by atoms with E-state index >= 15 is 0 Å². The zero-order valence-corrected chi connectivity index (χ0v) is 9.51. The molecule has 0 bridgehead atoms. The molecule has 0 radical (unpaired) electrons. The zero-order chi connectivity index (χ0) is 10.9. The van der Waals surface area contributed by atoms with E-state index in [4.69, 9.17) is 4.74 Å². The number of carbonyl (C=O) groups is 1. The summed E-state index contributed by atoms with van der Waals surface area (Å²) in [6.45, 7) is 5.60. The van der Waals surface area contributed by atoms with E-state index in [1.54, 1.807) is 0 Å². The number of ether oxygens (including phenoxy) is 1. The Bertz CT molecular complexity index is 243. The van der Waals surface area contributed by atoms with Crippen LogP contribution in [0.15, 0.2) is 0 Å². The molecular weight excluding hydrogens is 192 g/mol. The highest BCUT2D eigenvalue weighted by molar-refractivity contribution is 5.75. The second-order valence-electron chi connectivity index (χ2n) is 5.15. The number of rotatable bonds is 3. The molecule has 1 saturated carbocycles. The molecule has 0 aromatic carbocycles. The van der Waals surface area contributed by atoms with Gasteiger partial charge in [0.15, 0.2) is 0 Å². The topological polar surface area (TPSA) is 50.4 Å². The number of urea groups is 1. The second kappa shape index (κ2) is 4.00. The van der Waals surface area contributed by atoms with Crippen LogP contribution in [-0.2, 0) is 4.74 Å². The lowest BCUT2D eigenvalue weighted by atomic mass is 9.99. The fraction of sp³-hybridized carbons (Fsp3) is 0.909. The molecule has 1 heterocycles. The van der Waals surface area contributed by atoms with Gasteiger partial charge < -0.3 is 15.4 Å². The first-order valence-electron chi connectivity index (χ1n) is 5.74. The summed E-state index contributed by atoms with van der Waals surface area (Å²) in [5.41, 5.74) is -0.0659. The average molecular weight is 212 g/mol. The number of nitrogens with one attached hydrogen (secondary N) is 2. The molecule has 1 aliphatic heterocycles. The summed E-state index contributed by atoms with van der Waals surface area (Å²) in [5, 5.41) is 5.98. The summed E-state index contributed by atoms with van der Waals surface area (Å²) in [4.78, 5) is 11.7. The van der Waals surface area contributed by atoms with Gasteiger partial charge in [-0.15, -0.1) is 0 Å². The van der Waals surface area contributed by atoms with Crippen molar-refractivity contribution in [3.05, 3.63) is 0 Å². The van der Waals surface area contributed by atoms with Crippen LogP contribution in [0.3, 0.4) is 0 Å². The van der Waals surface area contributed by atoms with Crippen LogP contribution in [0.4, 0.5) is 4.79 Å². The van der Waals surface area contributed by atoms with Crippen molar-refractivity contribution in [2.45, 2.75) is 44.7 Å². The van der Waals surface area contributed by atoms with E-state index in [2.05, 4.69) is 24.5 Å². The van der Waals surface area contributed by atoms with Gasteiger partial charge in [-0.25, -0.2) is 4.79 Å². The summed E-state index contributed by atoms with van der Waals surface area (Å²) in [6, 6.07) is 0.141. The van der Waals surface area contributed by atoms with E-state index in [1.807, 2.05) is 0 Å². The Labute approximate surface area is 90.8 Å². The van der Waals surface area contributed by atoms with E-state index in [1.165, 1.54) is 12.8 Å². The second-order valence-corrected chi connectivity index (χ2v) is 5.15. The SMILES string of the molecule is CC(C)(NC(=O)NC1CCOC1)C1CC1. The molecule has 2 amide bonds. The van der Waals surface area contributed by atoms with Crippen molar-refractivity contribution in [2.75, 3.05) is 13.2 Å². The summed E-state index contributed by atoms with van der Waals surface area (Å²) >= 11 is 0. The van der Waals surface area contributed by atoms with Crippen LogP contribution in [-0.4, -0.2) is 30.8 Å². The molecule has 1 saturated heterocycles. The van der Waals surface area contributed by atoms with E-state index in [0.717, 1.165) is 13.0 Å². The monoisotopic (exact) mass is 212 g/mol. The number of hydrogen-bond acceptors (Lipinski definition) is 2. The lowest BCUT2D eigenvalue weighted by Gasteiger charge is -2.27.